The Bertz CT molecular complexity index is 962. The van der Waals surface area contributed by atoms with Crippen LogP contribution in [0.25, 0.3) is 11.1 Å². The number of rotatable bonds is 13. The van der Waals surface area contributed by atoms with Crippen LogP contribution in [0.15, 0.2) is 30.5 Å². The predicted octanol–water partition coefficient (Wildman–Crippen LogP) is 4.81. The first-order valence-corrected chi connectivity index (χ1v) is 11.7. The van der Waals surface area contributed by atoms with Crippen LogP contribution in [0.2, 0.25) is 0 Å². The number of anilines is 1. The zero-order valence-electron chi connectivity index (χ0n) is 20.5. The van der Waals surface area contributed by atoms with E-state index in [2.05, 4.69) is 11.9 Å². The van der Waals surface area contributed by atoms with Gasteiger partial charge >= 0.3 is 11.9 Å². The largest absolute Gasteiger partial charge is 0.504 e. The van der Waals surface area contributed by atoms with Gasteiger partial charge < -0.3 is 25.1 Å². The molecule has 0 aliphatic rings. The van der Waals surface area contributed by atoms with Crippen molar-refractivity contribution in [2.45, 2.75) is 77.9 Å². The number of hydrogen-bond acceptors (Lipinski definition) is 8. The molecule has 0 saturated carbocycles. The van der Waals surface area contributed by atoms with E-state index in [0.29, 0.717) is 30.8 Å². The third kappa shape index (κ3) is 8.57. The number of hydrogen-bond donors (Lipinski definition) is 2. The van der Waals surface area contributed by atoms with Crippen LogP contribution in [-0.4, -0.2) is 41.3 Å². The van der Waals surface area contributed by atoms with Gasteiger partial charge in [0.2, 0.25) is 0 Å². The molecule has 1 aromatic carbocycles. The Morgan fingerprint density at radius 2 is 1.74 bits per heavy atom. The van der Waals surface area contributed by atoms with Crippen LogP contribution >= 0.6 is 0 Å². The minimum Gasteiger partial charge on any atom is -0.504 e. The average molecular weight is 473 g/mol. The standard InChI is InChI=1S/C26H36N2O6/c1-5-6-7-8-21(33-17(2)29)15-22(34-18(3)30)10-9-19-13-25(32-4)24(31)16-23(19)20-11-12-28-26(27)14-20/h11-14,16,21-22,31H,5-10,15H2,1-4H3,(H2,27,28). The fourth-order valence-electron chi connectivity index (χ4n) is 4.02. The normalized spacial score (nSPS) is 12.6. The van der Waals surface area contributed by atoms with Crippen molar-refractivity contribution < 1.29 is 28.9 Å². The summed E-state index contributed by atoms with van der Waals surface area (Å²) in [5.41, 5.74) is 8.35. The second-order valence-electron chi connectivity index (χ2n) is 8.38. The summed E-state index contributed by atoms with van der Waals surface area (Å²) in [4.78, 5) is 27.5. The van der Waals surface area contributed by atoms with Gasteiger partial charge in [0.25, 0.3) is 0 Å². The quantitative estimate of drug-likeness (QED) is 0.315. The van der Waals surface area contributed by atoms with Crippen molar-refractivity contribution in [2.75, 3.05) is 12.8 Å². The molecule has 0 saturated heterocycles. The second kappa shape index (κ2) is 13.4. The number of carbonyl (C=O) groups excluding carboxylic acids is 2. The molecule has 0 aliphatic heterocycles. The minimum absolute atomic E-state index is 0.0130. The third-order valence-electron chi connectivity index (χ3n) is 5.55. The second-order valence-corrected chi connectivity index (χ2v) is 8.38. The minimum atomic E-state index is -0.432. The molecule has 0 radical (unpaired) electrons. The molecule has 0 fully saturated rings. The van der Waals surface area contributed by atoms with Gasteiger partial charge in [0, 0.05) is 26.5 Å². The molecule has 8 nitrogen and oxygen atoms in total. The number of benzene rings is 1. The van der Waals surface area contributed by atoms with E-state index in [-0.39, 0.29) is 23.8 Å². The number of methoxy groups -OCH3 is 1. The molecule has 2 atom stereocenters. The van der Waals surface area contributed by atoms with E-state index < -0.39 is 6.10 Å². The third-order valence-corrected chi connectivity index (χ3v) is 5.55. The van der Waals surface area contributed by atoms with E-state index in [1.807, 2.05) is 6.07 Å². The Morgan fingerprint density at radius 3 is 2.32 bits per heavy atom. The van der Waals surface area contributed by atoms with Crippen LogP contribution in [0.4, 0.5) is 5.82 Å². The van der Waals surface area contributed by atoms with E-state index in [0.717, 1.165) is 42.4 Å². The van der Waals surface area contributed by atoms with E-state index in [4.69, 9.17) is 19.9 Å². The lowest BCUT2D eigenvalue weighted by Gasteiger charge is -2.24. The number of esters is 2. The SMILES string of the molecule is CCCCCC(CC(CCc1cc(OC)c(O)cc1-c1ccnc(N)c1)OC(C)=O)OC(C)=O. The van der Waals surface area contributed by atoms with E-state index in [9.17, 15) is 14.7 Å². The molecule has 3 N–H and O–H groups in total. The molecule has 2 unspecified atom stereocenters. The number of phenolic OH excluding ortho intramolecular Hbond substituents is 1. The van der Waals surface area contributed by atoms with Gasteiger partial charge in [-0.05, 0) is 66.6 Å². The highest BCUT2D eigenvalue weighted by atomic mass is 16.6. The van der Waals surface area contributed by atoms with Crippen LogP contribution in [-0.2, 0) is 25.5 Å². The van der Waals surface area contributed by atoms with Crippen molar-refractivity contribution in [3.63, 3.8) is 0 Å². The van der Waals surface area contributed by atoms with E-state index in [1.54, 1.807) is 24.4 Å². The Hall–Kier alpha value is -3.29. The summed E-state index contributed by atoms with van der Waals surface area (Å²) in [6.07, 6.45) is 6.09. The van der Waals surface area contributed by atoms with Crippen LogP contribution in [0.1, 0.15) is 64.9 Å². The van der Waals surface area contributed by atoms with Gasteiger partial charge in [-0.3, -0.25) is 9.59 Å². The molecule has 34 heavy (non-hydrogen) atoms. The maximum atomic E-state index is 11.8. The molecule has 186 valence electrons. The number of unbranched alkanes of at least 4 members (excludes halogenated alkanes) is 2. The molecule has 1 aromatic heterocycles. The Kier molecular flexibility index (Phi) is 10.6. The topological polar surface area (TPSA) is 121 Å². The molecule has 2 rings (SSSR count). The highest BCUT2D eigenvalue weighted by Crippen LogP contribution is 2.36. The van der Waals surface area contributed by atoms with Crippen molar-refractivity contribution in [3.8, 4) is 22.6 Å². The van der Waals surface area contributed by atoms with Crippen molar-refractivity contribution >= 4 is 17.8 Å². The summed E-state index contributed by atoms with van der Waals surface area (Å²) >= 11 is 0. The number of phenols is 1. The fourth-order valence-corrected chi connectivity index (χ4v) is 4.02. The molecule has 0 spiro atoms. The van der Waals surface area contributed by atoms with Crippen LogP contribution in [0, 0.1) is 0 Å². The maximum absolute atomic E-state index is 11.8. The summed E-state index contributed by atoms with van der Waals surface area (Å²) in [6.45, 7) is 4.88. The van der Waals surface area contributed by atoms with E-state index >= 15 is 0 Å². The van der Waals surface area contributed by atoms with Crippen molar-refractivity contribution in [1.29, 1.82) is 0 Å². The monoisotopic (exact) mass is 472 g/mol. The van der Waals surface area contributed by atoms with E-state index in [1.165, 1.54) is 21.0 Å². The van der Waals surface area contributed by atoms with Gasteiger partial charge in [-0.15, -0.1) is 0 Å². The summed E-state index contributed by atoms with van der Waals surface area (Å²) < 4.78 is 16.4. The van der Waals surface area contributed by atoms with Crippen molar-refractivity contribution in [3.05, 3.63) is 36.0 Å². The molecule has 0 bridgehead atoms. The van der Waals surface area contributed by atoms with Gasteiger partial charge in [0.15, 0.2) is 11.5 Å². The smallest absolute Gasteiger partial charge is 0.302 e. The number of nitrogen functional groups attached to an aromatic ring is 1. The van der Waals surface area contributed by atoms with Gasteiger partial charge in [-0.25, -0.2) is 4.98 Å². The Labute approximate surface area is 201 Å². The summed E-state index contributed by atoms with van der Waals surface area (Å²) in [5, 5.41) is 10.4. The van der Waals surface area contributed by atoms with Crippen LogP contribution in [0.5, 0.6) is 11.5 Å². The summed E-state index contributed by atoms with van der Waals surface area (Å²) in [5.74, 6) is 0.00323. The molecular formula is C26H36N2O6. The lowest BCUT2D eigenvalue weighted by molar-refractivity contribution is -0.153. The summed E-state index contributed by atoms with van der Waals surface area (Å²) in [7, 11) is 1.49. The molecular weight excluding hydrogens is 436 g/mol. The lowest BCUT2D eigenvalue weighted by atomic mass is 9.93. The summed E-state index contributed by atoms with van der Waals surface area (Å²) in [6, 6.07) is 6.96. The molecule has 0 aliphatic carbocycles. The number of aromatic hydroxyl groups is 1. The number of ether oxygens (including phenoxy) is 3. The Morgan fingerprint density at radius 1 is 1.06 bits per heavy atom. The van der Waals surface area contributed by atoms with Gasteiger partial charge in [-0.2, -0.15) is 0 Å². The molecule has 0 amide bonds. The first-order chi connectivity index (χ1) is 16.2. The zero-order chi connectivity index (χ0) is 25.1. The number of pyridine rings is 1. The highest BCUT2D eigenvalue weighted by molar-refractivity contribution is 5.72. The highest BCUT2D eigenvalue weighted by Gasteiger charge is 2.22. The van der Waals surface area contributed by atoms with Gasteiger partial charge in [-0.1, -0.05) is 19.8 Å². The fraction of sp³-hybridized carbons (Fsp3) is 0.500. The van der Waals surface area contributed by atoms with Gasteiger partial charge in [0.1, 0.15) is 18.0 Å². The number of aromatic nitrogens is 1. The molecule has 8 heteroatoms. The van der Waals surface area contributed by atoms with Crippen LogP contribution < -0.4 is 10.5 Å². The zero-order valence-corrected chi connectivity index (χ0v) is 20.5. The maximum Gasteiger partial charge on any atom is 0.302 e. The average Bonchev–Trinajstić information content (AvgIpc) is 2.77. The lowest BCUT2D eigenvalue weighted by Crippen LogP contribution is -2.27. The number of aryl methyl sites for hydroxylation is 1. The number of carbonyl (C=O) groups is 2. The Balaban J connectivity index is 2.27. The number of nitrogens with zero attached hydrogens (tertiary/aromatic N) is 1. The van der Waals surface area contributed by atoms with Crippen LogP contribution in [0.3, 0.4) is 0 Å². The van der Waals surface area contributed by atoms with Crippen molar-refractivity contribution in [2.24, 2.45) is 0 Å². The van der Waals surface area contributed by atoms with Crippen molar-refractivity contribution in [1.82, 2.24) is 4.98 Å². The first kappa shape index (κ1) is 27.0. The number of nitrogens with two attached hydrogens (primary N) is 1. The molecule has 2 aromatic rings. The molecule has 1 heterocycles. The first-order valence-electron chi connectivity index (χ1n) is 11.7. The van der Waals surface area contributed by atoms with Gasteiger partial charge in [0.05, 0.1) is 7.11 Å². The predicted molar refractivity (Wildman–Crippen MR) is 130 cm³/mol.